The fourth-order valence-corrected chi connectivity index (χ4v) is 1.90. The number of hydrogen-bond acceptors (Lipinski definition) is 2. The first kappa shape index (κ1) is 11.2. The maximum absolute atomic E-state index is 9.28. The van der Waals surface area contributed by atoms with Gasteiger partial charge in [-0.05, 0) is 42.5 Å². The van der Waals surface area contributed by atoms with Crippen molar-refractivity contribution in [1.82, 2.24) is 4.57 Å². The maximum Gasteiger partial charge on any atom is 0.0529 e. The summed E-state index contributed by atoms with van der Waals surface area (Å²) < 4.78 is 2.17. The molecule has 0 fully saturated rings. The van der Waals surface area contributed by atoms with Gasteiger partial charge >= 0.3 is 0 Å². The van der Waals surface area contributed by atoms with Crippen molar-refractivity contribution in [1.29, 1.82) is 0 Å². The van der Waals surface area contributed by atoms with Crippen LogP contribution in [0.4, 0.5) is 0 Å². The number of aliphatic hydroxyl groups is 1. The third-order valence-electron chi connectivity index (χ3n) is 2.86. The largest absolute Gasteiger partial charge is 0.393 e. The van der Waals surface area contributed by atoms with E-state index in [1.165, 1.54) is 10.9 Å². The number of benzene rings is 1. The van der Waals surface area contributed by atoms with E-state index in [4.69, 9.17) is 5.73 Å². The van der Waals surface area contributed by atoms with Crippen molar-refractivity contribution in [2.24, 2.45) is 5.73 Å². The molecule has 0 saturated heterocycles. The Balaban J connectivity index is 2.27. The Morgan fingerprint density at radius 3 is 2.88 bits per heavy atom. The topological polar surface area (TPSA) is 51.2 Å². The summed E-state index contributed by atoms with van der Waals surface area (Å²) in [6.45, 7) is 3.25. The van der Waals surface area contributed by atoms with Gasteiger partial charge in [0.1, 0.15) is 0 Å². The van der Waals surface area contributed by atoms with E-state index in [2.05, 4.69) is 35.0 Å². The molecule has 2 rings (SSSR count). The van der Waals surface area contributed by atoms with Crippen LogP contribution in [0.3, 0.4) is 0 Å². The Labute approximate surface area is 95.5 Å². The third-order valence-corrected chi connectivity index (χ3v) is 2.86. The quantitative estimate of drug-likeness (QED) is 0.823. The molecule has 0 saturated carbocycles. The lowest BCUT2D eigenvalue weighted by atomic mass is 10.1. The number of nitrogens with zero attached hydrogens (tertiary/aromatic N) is 1. The molecule has 3 N–H and O–H groups in total. The number of aromatic nitrogens is 1. The van der Waals surface area contributed by atoms with E-state index in [9.17, 15) is 5.11 Å². The summed E-state index contributed by atoms with van der Waals surface area (Å²) in [4.78, 5) is 0. The molecule has 1 atom stereocenters. The highest BCUT2D eigenvalue weighted by Crippen LogP contribution is 2.18. The highest BCUT2D eigenvalue weighted by molar-refractivity contribution is 5.80. The van der Waals surface area contributed by atoms with E-state index < -0.39 is 0 Å². The zero-order valence-electron chi connectivity index (χ0n) is 9.56. The van der Waals surface area contributed by atoms with Crippen molar-refractivity contribution in [3.05, 3.63) is 36.0 Å². The van der Waals surface area contributed by atoms with Crippen LogP contribution in [0.5, 0.6) is 0 Å². The lowest BCUT2D eigenvalue weighted by Crippen LogP contribution is -2.06. The maximum atomic E-state index is 9.28. The first-order valence-corrected chi connectivity index (χ1v) is 5.66. The molecule has 0 radical (unpaired) electrons. The van der Waals surface area contributed by atoms with Gasteiger partial charge < -0.3 is 15.4 Å². The Hall–Kier alpha value is -1.32. The number of aliphatic hydroxyl groups excluding tert-OH is 1. The molecule has 0 aliphatic heterocycles. The Bertz CT molecular complexity index is 474. The van der Waals surface area contributed by atoms with E-state index in [-0.39, 0.29) is 6.10 Å². The number of fused-ring (bicyclic) bond motifs is 1. The zero-order chi connectivity index (χ0) is 11.5. The third kappa shape index (κ3) is 2.26. The molecular formula is C13H18N2O. The number of rotatable bonds is 4. The molecule has 16 heavy (non-hydrogen) atoms. The predicted octanol–water partition coefficient (Wildman–Crippen LogP) is 1.87. The van der Waals surface area contributed by atoms with Gasteiger partial charge in [0.25, 0.3) is 0 Å². The van der Waals surface area contributed by atoms with Crippen molar-refractivity contribution in [3.63, 3.8) is 0 Å². The van der Waals surface area contributed by atoms with Crippen LogP contribution < -0.4 is 5.73 Å². The number of nitrogens with two attached hydrogens (primary N) is 1. The predicted molar refractivity (Wildman–Crippen MR) is 66.1 cm³/mol. The first-order chi connectivity index (χ1) is 7.70. The summed E-state index contributed by atoms with van der Waals surface area (Å²) in [5.74, 6) is 0. The molecule has 1 unspecified atom stereocenters. The Kier molecular flexibility index (Phi) is 3.27. The van der Waals surface area contributed by atoms with Crippen molar-refractivity contribution in [2.45, 2.75) is 32.5 Å². The minimum absolute atomic E-state index is 0.249. The molecule has 2 aromatic rings. The molecule has 3 heteroatoms. The molecule has 0 spiro atoms. The van der Waals surface area contributed by atoms with Gasteiger partial charge in [-0.3, -0.25) is 0 Å². The smallest absolute Gasteiger partial charge is 0.0529 e. The standard InChI is InChI=1S/C13H18N2O/c1-10(16)4-6-15-7-5-12-8-11(9-14)2-3-13(12)15/h2-3,5,7-8,10,16H,4,6,9,14H2,1H3. The lowest BCUT2D eigenvalue weighted by molar-refractivity contribution is 0.178. The molecule has 3 nitrogen and oxygen atoms in total. The fourth-order valence-electron chi connectivity index (χ4n) is 1.90. The van der Waals surface area contributed by atoms with Gasteiger partial charge in [0.2, 0.25) is 0 Å². The van der Waals surface area contributed by atoms with Crippen molar-refractivity contribution in [3.8, 4) is 0 Å². The van der Waals surface area contributed by atoms with Gasteiger partial charge in [-0.1, -0.05) is 6.07 Å². The molecule has 0 amide bonds. The molecule has 1 aromatic heterocycles. The molecule has 1 aromatic carbocycles. The van der Waals surface area contributed by atoms with Crippen LogP contribution in [-0.2, 0) is 13.1 Å². The van der Waals surface area contributed by atoms with Gasteiger partial charge in [0.15, 0.2) is 0 Å². The normalized spacial score (nSPS) is 13.2. The Morgan fingerprint density at radius 1 is 1.38 bits per heavy atom. The van der Waals surface area contributed by atoms with Crippen molar-refractivity contribution >= 4 is 10.9 Å². The fraction of sp³-hybridized carbons (Fsp3) is 0.385. The number of aryl methyl sites for hydroxylation is 1. The van der Waals surface area contributed by atoms with Gasteiger partial charge in [-0.25, -0.2) is 0 Å². The van der Waals surface area contributed by atoms with E-state index in [1.54, 1.807) is 0 Å². The average Bonchev–Trinajstić information content (AvgIpc) is 2.68. The van der Waals surface area contributed by atoms with Crippen molar-refractivity contribution in [2.75, 3.05) is 0 Å². The number of hydrogen-bond donors (Lipinski definition) is 2. The van der Waals surface area contributed by atoms with Crippen LogP contribution in [0, 0.1) is 0 Å². The summed E-state index contributed by atoms with van der Waals surface area (Å²) >= 11 is 0. The van der Waals surface area contributed by atoms with Gasteiger partial charge in [-0.2, -0.15) is 0 Å². The second-order valence-electron chi connectivity index (χ2n) is 4.24. The van der Waals surface area contributed by atoms with E-state index in [0.717, 1.165) is 18.5 Å². The Morgan fingerprint density at radius 2 is 2.19 bits per heavy atom. The second kappa shape index (κ2) is 4.68. The monoisotopic (exact) mass is 218 g/mol. The van der Waals surface area contributed by atoms with E-state index in [1.807, 2.05) is 6.92 Å². The van der Waals surface area contributed by atoms with E-state index >= 15 is 0 Å². The van der Waals surface area contributed by atoms with Crippen molar-refractivity contribution < 1.29 is 5.11 Å². The minimum Gasteiger partial charge on any atom is -0.393 e. The summed E-state index contributed by atoms with van der Waals surface area (Å²) in [5, 5.41) is 10.5. The van der Waals surface area contributed by atoms with Crippen LogP contribution >= 0.6 is 0 Å². The summed E-state index contributed by atoms with van der Waals surface area (Å²) in [6, 6.07) is 8.37. The summed E-state index contributed by atoms with van der Waals surface area (Å²) in [6.07, 6.45) is 2.59. The van der Waals surface area contributed by atoms with E-state index in [0.29, 0.717) is 6.54 Å². The molecule has 0 aliphatic carbocycles. The average molecular weight is 218 g/mol. The second-order valence-corrected chi connectivity index (χ2v) is 4.24. The highest BCUT2D eigenvalue weighted by atomic mass is 16.3. The first-order valence-electron chi connectivity index (χ1n) is 5.66. The molecular weight excluding hydrogens is 200 g/mol. The van der Waals surface area contributed by atoms with Gasteiger partial charge in [-0.15, -0.1) is 0 Å². The van der Waals surface area contributed by atoms with Crippen LogP contribution in [-0.4, -0.2) is 15.8 Å². The molecule has 86 valence electrons. The minimum atomic E-state index is -0.249. The zero-order valence-corrected chi connectivity index (χ0v) is 9.56. The highest BCUT2D eigenvalue weighted by Gasteiger charge is 2.03. The molecule has 0 aliphatic rings. The van der Waals surface area contributed by atoms with Crippen LogP contribution in [0.25, 0.3) is 10.9 Å². The van der Waals surface area contributed by atoms with Gasteiger partial charge in [0.05, 0.1) is 6.10 Å². The van der Waals surface area contributed by atoms with Gasteiger partial charge in [0, 0.05) is 24.8 Å². The molecule has 1 heterocycles. The van der Waals surface area contributed by atoms with Crippen LogP contribution in [0.1, 0.15) is 18.9 Å². The SMILES string of the molecule is CC(O)CCn1ccc2cc(CN)ccc21. The molecule has 0 bridgehead atoms. The lowest BCUT2D eigenvalue weighted by Gasteiger charge is -2.07. The van der Waals surface area contributed by atoms with Crippen LogP contribution in [0.2, 0.25) is 0 Å². The summed E-state index contributed by atoms with van der Waals surface area (Å²) in [7, 11) is 0. The summed E-state index contributed by atoms with van der Waals surface area (Å²) in [5.41, 5.74) is 7.97. The van der Waals surface area contributed by atoms with Crippen LogP contribution in [0.15, 0.2) is 30.5 Å².